The minimum absolute atomic E-state index is 2.09. The third-order valence-electron chi connectivity index (χ3n) is 3.63. The molecule has 0 bridgehead atoms. The van der Waals surface area contributed by atoms with Crippen molar-refractivity contribution in [1.82, 2.24) is 0 Å². The monoisotopic (exact) mass is 566 g/mol. The number of hydrogen-bond acceptors (Lipinski definition) is 6. The van der Waals surface area contributed by atoms with E-state index in [4.69, 9.17) is 19.6 Å². The zero-order valence-corrected chi connectivity index (χ0v) is 19.6. The Kier molecular flexibility index (Phi) is 9.93. The molecule has 0 radical (unpaired) electrons. The van der Waals surface area contributed by atoms with Crippen molar-refractivity contribution in [3.63, 3.8) is 0 Å². The Morgan fingerprint density at radius 1 is 0.400 bits per heavy atom. The Bertz CT molecular complexity index is 814. The van der Waals surface area contributed by atoms with E-state index in [1.807, 2.05) is 0 Å². The van der Waals surface area contributed by atoms with E-state index in [1.165, 1.54) is 0 Å². The molecular formula is C6H20O18P6. The van der Waals surface area contributed by atoms with Crippen LogP contribution in [0.3, 0.4) is 0 Å². The van der Waals surface area contributed by atoms with E-state index in [2.05, 4.69) is 0 Å². The molecule has 4 atom stereocenters. The third kappa shape index (κ3) is 10.2. The van der Waals surface area contributed by atoms with E-state index in [1.54, 1.807) is 0 Å². The van der Waals surface area contributed by atoms with Crippen LogP contribution in [0.1, 0.15) is 0 Å². The highest BCUT2D eigenvalue weighted by Crippen LogP contribution is 2.68. The SMILES string of the molecule is O=P(O)(O)CC(C(C(C(CP(=O)(O)O)P(=O)(O)O)P(=O)(O)O)P(=O)(O)O)P(=O)(O)O. The van der Waals surface area contributed by atoms with E-state index in [0.29, 0.717) is 0 Å². The predicted octanol–water partition coefficient (Wildman–Crippen LogP) is -2.47. The van der Waals surface area contributed by atoms with Crippen molar-refractivity contribution in [3.05, 3.63) is 0 Å². The molecular weight excluding hydrogens is 546 g/mol. The maximum absolute atomic E-state index is 11.9. The van der Waals surface area contributed by atoms with Crippen molar-refractivity contribution < 1.29 is 86.1 Å². The average Bonchev–Trinajstić information content (AvgIpc) is 2.32. The molecule has 0 amide bonds. The Labute approximate surface area is 167 Å². The minimum Gasteiger partial charge on any atom is -0.324 e. The van der Waals surface area contributed by atoms with Gasteiger partial charge in [0, 0.05) is 0 Å². The molecule has 0 aromatic heterocycles. The summed E-state index contributed by atoms with van der Waals surface area (Å²) in [6.07, 6.45) is -4.18. The molecule has 0 fully saturated rings. The molecule has 0 spiro atoms. The van der Waals surface area contributed by atoms with Gasteiger partial charge in [-0.1, -0.05) is 0 Å². The topological polar surface area (TPSA) is 345 Å². The molecule has 0 saturated heterocycles. The van der Waals surface area contributed by atoms with Gasteiger partial charge in [0.25, 0.3) is 0 Å². The van der Waals surface area contributed by atoms with Crippen molar-refractivity contribution in [2.45, 2.75) is 22.6 Å². The average molecular weight is 566 g/mol. The smallest absolute Gasteiger partial charge is 0.324 e. The zero-order chi connectivity index (χ0) is 24.7. The first kappa shape index (κ1) is 30.9. The lowest BCUT2D eigenvalue weighted by Crippen LogP contribution is -2.46. The lowest BCUT2D eigenvalue weighted by molar-refractivity contribution is 0.295. The van der Waals surface area contributed by atoms with Crippen LogP contribution in [-0.2, 0) is 27.4 Å². The van der Waals surface area contributed by atoms with Gasteiger partial charge in [-0.25, -0.2) is 0 Å². The van der Waals surface area contributed by atoms with Gasteiger partial charge in [-0.3, -0.25) is 27.4 Å². The summed E-state index contributed by atoms with van der Waals surface area (Å²) in [7, 11) is -35.9. The molecule has 0 saturated carbocycles. The van der Waals surface area contributed by atoms with Gasteiger partial charge in [-0.05, 0) is 0 Å². The fraction of sp³-hybridized carbons (Fsp3) is 1.00. The molecule has 0 aromatic carbocycles. The van der Waals surface area contributed by atoms with Crippen molar-refractivity contribution >= 4 is 45.6 Å². The fourth-order valence-electron chi connectivity index (χ4n) is 2.62. The largest absolute Gasteiger partial charge is 0.330 e. The number of hydrogen-bond donors (Lipinski definition) is 12. The van der Waals surface area contributed by atoms with Crippen LogP contribution >= 0.6 is 45.6 Å². The summed E-state index contributed by atoms with van der Waals surface area (Å²) in [5.74, 6) is 0. The lowest BCUT2D eigenvalue weighted by atomic mass is 10.2. The van der Waals surface area contributed by atoms with Gasteiger partial charge in [0.1, 0.15) is 0 Å². The van der Waals surface area contributed by atoms with E-state index >= 15 is 0 Å². The molecule has 182 valence electrons. The molecule has 18 nitrogen and oxygen atoms in total. The highest BCUT2D eigenvalue weighted by molar-refractivity contribution is 7.62. The van der Waals surface area contributed by atoms with Crippen LogP contribution in [0.5, 0.6) is 0 Å². The molecule has 0 aliphatic carbocycles. The highest BCUT2D eigenvalue weighted by Gasteiger charge is 2.61. The quantitative estimate of drug-likeness (QED) is 0.115. The Balaban J connectivity index is 7.23. The third-order valence-corrected chi connectivity index (χ3v) is 12.3. The van der Waals surface area contributed by atoms with Crippen molar-refractivity contribution in [2.75, 3.05) is 12.3 Å². The Morgan fingerprint density at radius 2 is 0.600 bits per heavy atom. The summed E-state index contributed by atoms with van der Waals surface area (Å²) >= 11 is 0. The van der Waals surface area contributed by atoms with Crippen LogP contribution in [0.15, 0.2) is 0 Å². The van der Waals surface area contributed by atoms with Crippen LogP contribution < -0.4 is 0 Å². The maximum Gasteiger partial charge on any atom is 0.330 e. The van der Waals surface area contributed by atoms with Crippen LogP contribution in [0.2, 0.25) is 0 Å². The second kappa shape index (κ2) is 9.64. The molecule has 30 heavy (non-hydrogen) atoms. The van der Waals surface area contributed by atoms with Crippen LogP contribution in [0.25, 0.3) is 0 Å². The number of rotatable bonds is 11. The van der Waals surface area contributed by atoms with Gasteiger partial charge in [-0.15, -0.1) is 0 Å². The standard InChI is InChI=1S/C6H20O18P6/c7-25(8,9)1-3(27(13,14)15)5(29(19,20)21)6(30(22,23)24)4(28(16,17)18)2-26(10,11)12/h3-6H,1-2H2,(H2,7,8,9)(H2,10,11,12)(H2,13,14,15)(H2,16,17,18)(H2,19,20,21)(H2,22,23,24). The molecule has 0 aliphatic rings. The van der Waals surface area contributed by atoms with Gasteiger partial charge in [0.2, 0.25) is 0 Å². The molecule has 0 rings (SSSR count). The predicted molar refractivity (Wildman–Crippen MR) is 97.2 cm³/mol. The minimum atomic E-state index is -6.28. The summed E-state index contributed by atoms with van der Waals surface area (Å²) in [5.41, 5.74) is -13.6. The van der Waals surface area contributed by atoms with Gasteiger partial charge in [0.15, 0.2) is 0 Å². The second-order valence-electron chi connectivity index (χ2n) is 6.17. The second-order valence-corrected chi connectivity index (χ2v) is 16.8. The van der Waals surface area contributed by atoms with Gasteiger partial charge in [-0.2, -0.15) is 0 Å². The molecule has 0 aromatic rings. The van der Waals surface area contributed by atoms with Crippen molar-refractivity contribution in [3.8, 4) is 0 Å². The highest BCUT2D eigenvalue weighted by atomic mass is 31.2. The summed E-state index contributed by atoms with van der Waals surface area (Å²) in [4.78, 5) is 111. The lowest BCUT2D eigenvalue weighted by Gasteiger charge is -2.38. The van der Waals surface area contributed by atoms with E-state index in [9.17, 15) is 66.5 Å². The Hall–Kier alpha value is 0.900. The summed E-state index contributed by atoms with van der Waals surface area (Å²) in [5, 5.41) is 0. The van der Waals surface area contributed by atoms with Gasteiger partial charge < -0.3 is 58.7 Å². The zero-order valence-electron chi connectivity index (χ0n) is 14.2. The summed E-state index contributed by atoms with van der Waals surface area (Å²) in [6, 6.07) is 0. The van der Waals surface area contributed by atoms with Gasteiger partial charge >= 0.3 is 45.6 Å². The maximum atomic E-state index is 11.9. The Morgan fingerprint density at radius 3 is 0.700 bits per heavy atom. The fourth-order valence-corrected chi connectivity index (χ4v) is 14.2. The van der Waals surface area contributed by atoms with Crippen LogP contribution in [0, 0.1) is 0 Å². The van der Waals surface area contributed by atoms with E-state index in [-0.39, 0.29) is 0 Å². The summed E-state index contributed by atoms with van der Waals surface area (Å²) in [6.45, 7) is 0. The van der Waals surface area contributed by atoms with Gasteiger partial charge in [0.05, 0.1) is 35.0 Å². The molecule has 24 heteroatoms. The van der Waals surface area contributed by atoms with Crippen LogP contribution in [-0.4, -0.2) is 93.7 Å². The first-order valence-corrected chi connectivity index (χ1v) is 17.3. The van der Waals surface area contributed by atoms with E-state index < -0.39 is 80.5 Å². The normalized spacial score (nSPS) is 19.2. The van der Waals surface area contributed by atoms with Crippen LogP contribution in [0.4, 0.5) is 0 Å². The molecule has 4 unspecified atom stereocenters. The first-order chi connectivity index (χ1) is 12.7. The first-order valence-electron chi connectivity index (χ1n) is 6.98. The molecule has 0 heterocycles. The molecule has 0 aliphatic heterocycles. The molecule has 12 N–H and O–H groups in total. The van der Waals surface area contributed by atoms with Crippen molar-refractivity contribution in [2.24, 2.45) is 0 Å². The summed E-state index contributed by atoms with van der Waals surface area (Å²) < 4.78 is 69.6. The van der Waals surface area contributed by atoms with E-state index in [0.717, 1.165) is 0 Å². The van der Waals surface area contributed by atoms with Crippen molar-refractivity contribution in [1.29, 1.82) is 0 Å².